The quantitative estimate of drug-likeness (QED) is 0.792. The molecule has 1 aliphatic heterocycles. The number of rotatable bonds is 4. The summed E-state index contributed by atoms with van der Waals surface area (Å²) in [5.41, 5.74) is 0. The van der Waals surface area contributed by atoms with Gasteiger partial charge in [0.15, 0.2) is 0 Å². The lowest BCUT2D eigenvalue weighted by atomic mass is 9.98. The predicted octanol–water partition coefficient (Wildman–Crippen LogP) is 1.85. The number of hydrogen-bond donors (Lipinski definition) is 0. The second kappa shape index (κ2) is 6.39. The Kier molecular flexibility index (Phi) is 4.82. The van der Waals surface area contributed by atoms with Gasteiger partial charge in [0, 0.05) is 13.6 Å². The Morgan fingerprint density at radius 2 is 2.42 bits per heavy atom. The van der Waals surface area contributed by atoms with Gasteiger partial charge in [0.05, 0.1) is 25.3 Å². The number of aromatic nitrogens is 2. The second-order valence-electron chi connectivity index (χ2n) is 4.88. The van der Waals surface area contributed by atoms with Crippen LogP contribution in [0.3, 0.4) is 0 Å². The third-order valence-electron chi connectivity index (χ3n) is 3.52. The molecule has 0 aromatic carbocycles. The average molecular weight is 286 g/mol. The average Bonchev–Trinajstić information content (AvgIpc) is 2.71. The first-order chi connectivity index (χ1) is 9.11. The van der Waals surface area contributed by atoms with Crippen molar-refractivity contribution in [2.24, 2.45) is 13.0 Å². The van der Waals surface area contributed by atoms with Gasteiger partial charge in [-0.3, -0.25) is 9.69 Å². The van der Waals surface area contributed by atoms with E-state index in [2.05, 4.69) is 9.88 Å². The van der Waals surface area contributed by atoms with Crippen LogP contribution in [0.4, 0.5) is 0 Å². The Morgan fingerprint density at radius 3 is 3.05 bits per heavy atom. The number of ether oxygens (including phenoxy) is 1. The first kappa shape index (κ1) is 14.3. The highest BCUT2D eigenvalue weighted by Gasteiger charge is 2.27. The van der Waals surface area contributed by atoms with Crippen LogP contribution in [0.15, 0.2) is 6.20 Å². The maximum atomic E-state index is 11.8. The standard InChI is InChI=1S/C13H20ClN3O2/c1-3-19-13(18)10-5-4-6-17(8-10)9-12-15-7-11(14)16(12)2/h7,10H,3-6,8-9H2,1-2H3/t10-/m1/s1. The van der Waals surface area contributed by atoms with Crippen LogP contribution in [0.2, 0.25) is 5.15 Å². The van der Waals surface area contributed by atoms with Crippen molar-refractivity contribution in [2.75, 3.05) is 19.7 Å². The summed E-state index contributed by atoms with van der Waals surface area (Å²) >= 11 is 5.98. The van der Waals surface area contributed by atoms with Crippen LogP contribution in [-0.4, -0.2) is 40.1 Å². The Labute approximate surface area is 118 Å². The van der Waals surface area contributed by atoms with Gasteiger partial charge in [-0.1, -0.05) is 11.6 Å². The normalized spacial score (nSPS) is 20.5. The molecule has 1 aromatic heterocycles. The van der Waals surface area contributed by atoms with Crippen molar-refractivity contribution in [1.29, 1.82) is 0 Å². The van der Waals surface area contributed by atoms with Crippen molar-refractivity contribution < 1.29 is 9.53 Å². The maximum Gasteiger partial charge on any atom is 0.310 e. The molecule has 0 saturated carbocycles. The lowest BCUT2D eigenvalue weighted by molar-refractivity contribution is -0.150. The summed E-state index contributed by atoms with van der Waals surface area (Å²) in [6.07, 6.45) is 3.59. The minimum absolute atomic E-state index is 0.00978. The van der Waals surface area contributed by atoms with Crippen LogP contribution < -0.4 is 0 Å². The van der Waals surface area contributed by atoms with Gasteiger partial charge in [-0.05, 0) is 26.3 Å². The van der Waals surface area contributed by atoms with Crippen molar-refractivity contribution in [3.8, 4) is 0 Å². The molecule has 2 heterocycles. The number of hydrogen-bond acceptors (Lipinski definition) is 4. The van der Waals surface area contributed by atoms with Crippen LogP contribution in [0.25, 0.3) is 0 Å². The molecule has 1 atom stereocenters. The molecule has 1 aromatic rings. The fraction of sp³-hybridized carbons (Fsp3) is 0.692. The van der Waals surface area contributed by atoms with E-state index in [0.717, 1.165) is 38.3 Å². The van der Waals surface area contributed by atoms with Crippen LogP contribution in [0.1, 0.15) is 25.6 Å². The van der Waals surface area contributed by atoms with Crippen molar-refractivity contribution in [1.82, 2.24) is 14.5 Å². The van der Waals surface area contributed by atoms with E-state index in [1.165, 1.54) is 0 Å². The number of carbonyl (C=O) groups is 1. The zero-order chi connectivity index (χ0) is 13.8. The monoisotopic (exact) mass is 285 g/mol. The summed E-state index contributed by atoms with van der Waals surface area (Å²) in [6, 6.07) is 0. The predicted molar refractivity (Wildman–Crippen MR) is 72.9 cm³/mol. The van der Waals surface area contributed by atoms with E-state index < -0.39 is 0 Å². The highest BCUT2D eigenvalue weighted by Crippen LogP contribution is 2.20. The summed E-state index contributed by atoms with van der Waals surface area (Å²) in [5.74, 6) is 0.837. The molecule has 0 bridgehead atoms. The van der Waals surface area contributed by atoms with E-state index in [-0.39, 0.29) is 11.9 Å². The SMILES string of the molecule is CCOC(=O)[C@@H]1CCCN(Cc2ncc(Cl)n2C)C1. The molecule has 5 nitrogen and oxygen atoms in total. The zero-order valence-electron chi connectivity index (χ0n) is 11.4. The van der Waals surface area contributed by atoms with Gasteiger partial charge in [0.25, 0.3) is 0 Å². The zero-order valence-corrected chi connectivity index (χ0v) is 12.2. The molecule has 0 N–H and O–H groups in total. The molecule has 1 fully saturated rings. The van der Waals surface area contributed by atoms with Crippen LogP contribution in [-0.2, 0) is 23.1 Å². The molecule has 0 amide bonds. The van der Waals surface area contributed by atoms with Crippen molar-refractivity contribution in [3.05, 3.63) is 17.2 Å². The maximum absolute atomic E-state index is 11.8. The number of halogens is 1. The fourth-order valence-electron chi connectivity index (χ4n) is 2.42. The van der Waals surface area contributed by atoms with E-state index in [1.54, 1.807) is 6.20 Å². The third kappa shape index (κ3) is 3.48. The summed E-state index contributed by atoms with van der Waals surface area (Å²) in [7, 11) is 1.90. The molecular formula is C13H20ClN3O2. The molecule has 0 aliphatic carbocycles. The van der Waals surface area contributed by atoms with E-state index >= 15 is 0 Å². The molecule has 1 saturated heterocycles. The minimum Gasteiger partial charge on any atom is -0.466 e. The van der Waals surface area contributed by atoms with E-state index in [0.29, 0.717) is 11.8 Å². The Bertz CT molecular complexity index is 447. The topological polar surface area (TPSA) is 47.4 Å². The summed E-state index contributed by atoms with van der Waals surface area (Å²) < 4.78 is 6.97. The second-order valence-corrected chi connectivity index (χ2v) is 5.27. The molecule has 0 radical (unpaired) electrons. The summed E-state index contributed by atoms with van der Waals surface area (Å²) in [4.78, 5) is 18.3. The van der Waals surface area contributed by atoms with Gasteiger partial charge in [-0.25, -0.2) is 4.98 Å². The van der Waals surface area contributed by atoms with Crippen LogP contribution in [0, 0.1) is 5.92 Å². The van der Waals surface area contributed by atoms with Crippen molar-refractivity contribution >= 4 is 17.6 Å². The van der Waals surface area contributed by atoms with Crippen LogP contribution in [0.5, 0.6) is 0 Å². The largest absolute Gasteiger partial charge is 0.466 e. The van der Waals surface area contributed by atoms with Gasteiger partial charge in [0.2, 0.25) is 0 Å². The number of carbonyl (C=O) groups excluding carboxylic acids is 1. The minimum atomic E-state index is -0.0786. The molecule has 6 heteroatoms. The van der Waals surface area contributed by atoms with Gasteiger partial charge in [-0.15, -0.1) is 0 Å². The first-order valence-electron chi connectivity index (χ1n) is 6.67. The van der Waals surface area contributed by atoms with E-state index in [4.69, 9.17) is 16.3 Å². The number of nitrogens with zero attached hydrogens (tertiary/aromatic N) is 3. The summed E-state index contributed by atoms with van der Waals surface area (Å²) in [6.45, 7) is 4.74. The van der Waals surface area contributed by atoms with Crippen molar-refractivity contribution in [3.63, 3.8) is 0 Å². The Hall–Kier alpha value is -1.07. The van der Waals surface area contributed by atoms with Gasteiger partial charge >= 0.3 is 5.97 Å². The van der Waals surface area contributed by atoms with Gasteiger partial charge in [-0.2, -0.15) is 0 Å². The molecular weight excluding hydrogens is 266 g/mol. The smallest absolute Gasteiger partial charge is 0.310 e. The number of esters is 1. The summed E-state index contributed by atoms with van der Waals surface area (Å²) in [5, 5.41) is 0.633. The third-order valence-corrected chi connectivity index (χ3v) is 3.87. The number of imidazole rings is 1. The molecule has 19 heavy (non-hydrogen) atoms. The molecule has 0 spiro atoms. The molecule has 0 unspecified atom stereocenters. The highest BCUT2D eigenvalue weighted by atomic mass is 35.5. The van der Waals surface area contributed by atoms with Crippen LogP contribution >= 0.6 is 11.6 Å². The van der Waals surface area contributed by atoms with Gasteiger partial charge in [0.1, 0.15) is 11.0 Å². The first-order valence-corrected chi connectivity index (χ1v) is 7.04. The molecule has 1 aliphatic rings. The molecule has 2 rings (SSSR count). The van der Waals surface area contributed by atoms with E-state index in [1.807, 2.05) is 18.5 Å². The van der Waals surface area contributed by atoms with Gasteiger partial charge < -0.3 is 9.30 Å². The lowest BCUT2D eigenvalue weighted by Gasteiger charge is -2.31. The highest BCUT2D eigenvalue weighted by molar-refractivity contribution is 6.29. The van der Waals surface area contributed by atoms with Crippen molar-refractivity contribution in [2.45, 2.75) is 26.3 Å². The molecule has 106 valence electrons. The Morgan fingerprint density at radius 1 is 1.63 bits per heavy atom. The Balaban J connectivity index is 1.94. The number of piperidine rings is 1. The van der Waals surface area contributed by atoms with E-state index in [9.17, 15) is 4.79 Å². The lowest BCUT2D eigenvalue weighted by Crippen LogP contribution is -2.39. The fourth-order valence-corrected chi connectivity index (χ4v) is 2.57. The number of likely N-dealkylation sites (tertiary alicyclic amines) is 1.